The number of nitrogens with zero attached hydrogens (tertiary/aromatic N) is 1. The molecule has 2 N–H and O–H groups in total. The SMILES string of the molecule is CC(Nc1ccccc1CN1CCNC1=O)C1CCC1. The van der Waals surface area contributed by atoms with Crippen LogP contribution in [0.4, 0.5) is 10.5 Å². The van der Waals surface area contributed by atoms with Crippen LogP contribution in [-0.2, 0) is 6.54 Å². The van der Waals surface area contributed by atoms with Gasteiger partial charge in [0.2, 0.25) is 0 Å². The van der Waals surface area contributed by atoms with Crippen LogP contribution in [0.25, 0.3) is 0 Å². The molecule has 1 saturated carbocycles. The van der Waals surface area contributed by atoms with Crippen molar-refractivity contribution in [2.45, 2.75) is 38.8 Å². The average Bonchev–Trinajstić information content (AvgIpc) is 2.75. The van der Waals surface area contributed by atoms with Gasteiger partial charge in [0.25, 0.3) is 0 Å². The monoisotopic (exact) mass is 273 g/mol. The third-order valence-electron chi connectivity index (χ3n) is 4.56. The van der Waals surface area contributed by atoms with Gasteiger partial charge >= 0.3 is 6.03 Å². The van der Waals surface area contributed by atoms with Crippen LogP contribution in [0, 0.1) is 5.92 Å². The normalized spacial score (nSPS) is 20.4. The van der Waals surface area contributed by atoms with Crippen molar-refractivity contribution >= 4 is 11.7 Å². The van der Waals surface area contributed by atoms with Gasteiger partial charge in [-0.1, -0.05) is 24.6 Å². The highest BCUT2D eigenvalue weighted by Gasteiger charge is 2.25. The largest absolute Gasteiger partial charge is 0.382 e. The molecule has 2 fully saturated rings. The second kappa shape index (κ2) is 5.73. The Morgan fingerprint density at radius 2 is 2.20 bits per heavy atom. The summed E-state index contributed by atoms with van der Waals surface area (Å²) in [6.45, 7) is 4.51. The maximum atomic E-state index is 11.7. The molecule has 0 radical (unpaired) electrons. The van der Waals surface area contributed by atoms with Crippen LogP contribution < -0.4 is 10.6 Å². The van der Waals surface area contributed by atoms with Crippen LogP contribution in [0.3, 0.4) is 0 Å². The van der Waals surface area contributed by atoms with Crippen LogP contribution in [-0.4, -0.2) is 30.1 Å². The maximum Gasteiger partial charge on any atom is 0.317 e. The molecule has 108 valence electrons. The first-order valence-corrected chi connectivity index (χ1v) is 7.61. The Bertz CT molecular complexity index is 484. The van der Waals surface area contributed by atoms with E-state index in [0.717, 1.165) is 19.0 Å². The zero-order chi connectivity index (χ0) is 13.9. The molecule has 1 aliphatic carbocycles. The highest BCUT2D eigenvalue weighted by atomic mass is 16.2. The Labute approximate surface area is 120 Å². The Morgan fingerprint density at radius 3 is 2.85 bits per heavy atom. The van der Waals surface area contributed by atoms with Crippen molar-refractivity contribution in [1.29, 1.82) is 0 Å². The van der Waals surface area contributed by atoms with Gasteiger partial charge in [0.15, 0.2) is 0 Å². The standard InChI is InChI=1S/C16H23N3O/c1-12(13-6-4-7-13)18-15-8-3-2-5-14(15)11-19-10-9-17-16(19)20/h2-3,5,8,12-13,18H,4,6-7,9-11H2,1H3,(H,17,20). The minimum Gasteiger partial charge on any atom is -0.382 e. The first-order valence-electron chi connectivity index (χ1n) is 7.61. The lowest BCUT2D eigenvalue weighted by Crippen LogP contribution is -2.32. The van der Waals surface area contributed by atoms with Crippen molar-refractivity contribution < 1.29 is 4.79 Å². The van der Waals surface area contributed by atoms with Crippen LogP contribution in [0.1, 0.15) is 31.7 Å². The maximum absolute atomic E-state index is 11.7. The molecule has 2 aliphatic rings. The van der Waals surface area contributed by atoms with Crippen molar-refractivity contribution in [1.82, 2.24) is 10.2 Å². The lowest BCUT2D eigenvalue weighted by molar-refractivity contribution is 0.215. The van der Waals surface area contributed by atoms with Gasteiger partial charge in [-0.05, 0) is 37.3 Å². The molecule has 2 amide bonds. The van der Waals surface area contributed by atoms with Gasteiger partial charge in [0.1, 0.15) is 0 Å². The molecule has 1 aliphatic heterocycles. The summed E-state index contributed by atoms with van der Waals surface area (Å²) in [5, 5.41) is 6.50. The number of benzene rings is 1. The van der Waals surface area contributed by atoms with E-state index in [2.05, 4.69) is 35.8 Å². The van der Waals surface area contributed by atoms with Crippen LogP contribution in [0.2, 0.25) is 0 Å². The highest BCUT2D eigenvalue weighted by Crippen LogP contribution is 2.31. The van der Waals surface area contributed by atoms with E-state index < -0.39 is 0 Å². The molecule has 0 aromatic heterocycles. The predicted octanol–water partition coefficient (Wildman–Crippen LogP) is 2.81. The fourth-order valence-electron chi connectivity index (χ4n) is 2.97. The lowest BCUT2D eigenvalue weighted by atomic mass is 9.80. The number of urea groups is 1. The van der Waals surface area contributed by atoms with Gasteiger partial charge in [-0.15, -0.1) is 0 Å². The van der Waals surface area contributed by atoms with E-state index in [9.17, 15) is 4.79 Å². The number of nitrogens with one attached hydrogen (secondary N) is 2. The quantitative estimate of drug-likeness (QED) is 0.866. The molecule has 0 bridgehead atoms. The van der Waals surface area contributed by atoms with E-state index in [1.807, 2.05) is 11.0 Å². The highest BCUT2D eigenvalue weighted by molar-refractivity contribution is 5.76. The Balaban J connectivity index is 1.68. The molecule has 4 nitrogen and oxygen atoms in total. The van der Waals surface area contributed by atoms with E-state index in [-0.39, 0.29) is 6.03 Å². The van der Waals surface area contributed by atoms with Gasteiger partial charge in [0.05, 0.1) is 0 Å². The summed E-state index contributed by atoms with van der Waals surface area (Å²) in [7, 11) is 0. The van der Waals surface area contributed by atoms with Crippen molar-refractivity contribution in [3.05, 3.63) is 29.8 Å². The van der Waals surface area contributed by atoms with Crippen molar-refractivity contribution in [2.75, 3.05) is 18.4 Å². The molecule has 1 aromatic carbocycles. The third kappa shape index (κ3) is 2.74. The van der Waals surface area contributed by atoms with Gasteiger partial charge in [-0.2, -0.15) is 0 Å². The number of carbonyl (C=O) groups is 1. The molecule has 1 saturated heterocycles. The van der Waals surface area contributed by atoms with Gasteiger partial charge in [0, 0.05) is 31.4 Å². The summed E-state index contributed by atoms with van der Waals surface area (Å²) in [6.07, 6.45) is 4.04. The zero-order valence-electron chi connectivity index (χ0n) is 12.1. The van der Waals surface area contributed by atoms with E-state index >= 15 is 0 Å². The van der Waals surface area contributed by atoms with Gasteiger partial charge < -0.3 is 15.5 Å². The lowest BCUT2D eigenvalue weighted by Gasteiger charge is -2.33. The number of hydrogen-bond acceptors (Lipinski definition) is 2. The number of anilines is 1. The smallest absolute Gasteiger partial charge is 0.317 e. The third-order valence-corrected chi connectivity index (χ3v) is 4.56. The zero-order valence-corrected chi connectivity index (χ0v) is 12.1. The first kappa shape index (κ1) is 13.3. The summed E-state index contributed by atoms with van der Waals surface area (Å²) < 4.78 is 0. The summed E-state index contributed by atoms with van der Waals surface area (Å²) in [6, 6.07) is 8.90. The Hall–Kier alpha value is -1.71. The molecule has 4 heteroatoms. The summed E-state index contributed by atoms with van der Waals surface area (Å²) in [5.74, 6) is 0.804. The topological polar surface area (TPSA) is 44.4 Å². The second-order valence-corrected chi connectivity index (χ2v) is 5.93. The fraction of sp³-hybridized carbons (Fsp3) is 0.562. The van der Waals surface area contributed by atoms with Crippen molar-refractivity contribution in [2.24, 2.45) is 5.92 Å². The molecule has 1 heterocycles. The van der Waals surface area contributed by atoms with E-state index in [1.54, 1.807) is 0 Å². The average molecular weight is 273 g/mol. The van der Waals surface area contributed by atoms with Crippen LogP contribution in [0.15, 0.2) is 24.3 Å². The molecule has 20 heavy (non-hydrogen) atoms. The number of carbonyl (C=O) groups excluding carboxylic acids is 1. The Morgan fingerprint density at radius 1 is 1.40 bits per heavy atom. The number of amides is 2. The summed E-state index contributed by atoms with van der Waals surface area (Å²) in [4.78, 5) is 13.5. The summed E-state index contributed by atoms with van der Waals surface area (Å²) >= 11 is 0. The molecular weight excluding hydrogens is 250 g/mol. The fourth-order valence-corrected chi connectivity index (χ4v) is 2.97. The number of rotatable bonds is 5. The predicted molar refractivity (Wildman–Crippen MR) is 80.7 cm³/mol. The van der Waals surface area contributed by atoms with E-state index in [1.165, 1.54) is 30.5 Å². The first-order chi connectivity index (χ1) is 9.74. The minimum absolute atomic E-state index is 0.0480. The van der Waals surface area contributed by atoms with E-state index in [0.29, 0.717) is 12.6 Å². The van der Waals surface area contributed by atoms with Crippen LogP contribution >= 0.6 is 0 Å². The Kier molecular flexibility index (Phi) is 3.81. The van der Waals surface area contributed by atoms with Gasteiger partial charge in [-0.3, -0.25) is 0 Å². The van der Waals surface area contributed by atoms with Crippen molar-refractivity contribution in [3.8, 4) is 0 Å². The summed E-state index contributed by atoms with van der Waals surface area (Å²) in [5.41, 5.74) is 2.38. The number of para-hydroxylation sites is 1. The van der Waals surface area contributed by atoms with Gasteiger partial charge in [-0.25, -0.2) is 4.79 Å². The number of hydrogen-bond donors (Lipinski definition) is 2. The minimum atomic E-state index is 0.0480. The van der Waals surface area contributed by atoms with E-state index in [4.69, 9.17) is 0 Å². The molecule has 1 atom stereocenters. The molecule has 1 aromatic rings. The second-order valence-electron chi connectivity index (χ2n) is 5.93. The molecular formula is C16H23N3O. The molecule has 3 rings (SSSR count). The van der Waals surface area contributed by atoms with Crippen molar-refractivity contribution in [3.63, 3.8) is 0 Å². The van der Waals surface area contributed by atoms with Crippen LogP contribution in [0.5, 0.6) is 0 Å². The molecule has 0 spiro atoms. The molecule has 1 unspecified atom stereocenters.